The zero-order chi connectivity index (χ0) is 12.6. The molecule has 0 radical (unpaired) electrons. The Balaban J connectivity index is 0.000000180. The van der Waals surface area contributed by atoms with E-state index in [1.807, 2.05) is 48.6 Å². The van der Waals surface area contributed by atoms with Gasteiger partial charge in [0.2, 0.25) is 0 Å². The van der Waals surface area contributed by atoms with Crippen molar-refractivity contribution in [2.45, 2.75) is 6.92 Å². The Morgan fingerprint density at radius 3 is 2.63 bits per heavy atom. The molecule has 1 aromatic heterocycles. The van der Waals surface area contributed by atoms with E-state index in [-0.39, 0.29) is 17.1 Å². The molecule has 2 nitrogen and oxygen atoms in total. The zero-order valence-electron chi connectivity index (χ0n) is 10.4. The van der Waals surface area contributed by atoms with Crippen molar-refractivity contribution in [2.24, 2.45) is 4.99 Å². The van der Waals surface area contributed by atoms with E-state index in [4.69, 9.17) is 0 Å². The molecule has 0 spiro atoms. The minimum atomic E-state index is 0. The molecule has 3 rings (SSSR count). The molecule has 0 bridgehead atoms. The van der Waals surface area contributed by atoms with Gasteiger partial charge in [0.1, 0.15) is 0 Å². The largest absolute Gasteiger partial charge is 2.00 e. The molecular weight excluding hydrogens is 276 g/mol. The molecule has 0 fully saturated rings. The van der Waals surface area contributed by atoms with Crippen molar-refractivity contribution in [1.82, 2.24) is 4.98 Å². The van der Waals surface area contributed by atoms with Crippen LogP contribution in [0.5, 0.6) is 0 Å². The summed E-state index contributed by atoms with van der Waals surface area (Å²) in [5.74, 6) is 0. The first-order chi connectivity index (χ1) is 8.90. The maximum Gasteiger partial charge on any atom is 2.00 e. The molecule has 0 saturated carbocycles. The van der Waals surface area contributed by atoms with Crippen LogP contribution in [0.15, 0.2) is 53.2 Å². The average Bonchev–Trinajstić information content (AvgIpc) is 2.89. The number of aliphatic imine (C=N–C) groups is 1. The van der Waals surface area contributed by atoms with Crippen molar-refractivity contribution >= 4 is 24.1 Å². The fraction of sp³-hybridized carbons (Fsp3) is 0.0625. The standard InChI is InChI=1S/C8H4N.C8H8N.Fe/c1-3-7-4-2-6-9-8(7)5-1;1-2-9-8-6-4-3-5-7-8;/h2-5H;3-7H,1H3;/q2*-1;+2. The number of rotatable bonds is 1. The molecule has 1 aliphatic carbocycles. The van der Waals surface area contributed by atoms with Crippen LogP contribution in [-0.2, 0) is 17.1 Å². The molecule has 0 unspecified atom stereocenters. The zero-order valence-corrected chi connectivity index (χ0v) is 11.5. The number of pyridine rings is 1. The molecular formula is C16H12FeN2. The maximum atomic E-state index is 3.98. The van der Waals surface area contributed by atoms with Gasteiger partial charge in [-0.05, 0) is 11.8 Å². The second-order valence-corrected chi connectivity index (χ2v) is 3.54. The molecule has 0 aliphatic heterocycles. The number of hydrogen-bond donors (Lipinski definition) is 0. The van der Waals surface area contributed by atoms with Gasteiger partial charge in [0.25, 0.3) is 0 Å². The van der Waals surface area contributed by atoms with Crippen molar-refractivity contribution in [3.63, 3.8) is 0 Å². The van der Waals surface area contributed by atoms with Crippen molar-refractivity contribution in [3.8, 4) is 0 Å². The molecule has 19 heavy (non-hydrogen) atoms. The van der Waals surface area contributed by atoms with Crippen LogP contribution in [-0.4, -0.2) is 11.2 Å². The molecule has 1 aliphatic rings. The second-order valence-electron chi connectivity index (χ2n) is 3.54. The summed E-state index contributed by atoms with van der Waals surface area (Å²) in [5, 5.41) is 0. The number of benzene rings is 1. The van der Waals surface area contributed by atoms with Crippen LogP contribution in [0.4, 0.5) is 5.69 Å². The maximum absolute atomic E-state index is 3.98. The van der Waals surface area contributed by atoms with Crippen molar-refractivity contribution in [2.75, 3.05) is 0 Å². The van der Waals surface area contributed by atoms with E-state index in [9.17, 15) is 0 Å². The van der Waals surface area contributed by atoms with E-state index >= 15 is 0 Å². The van der Waals surface area contributed by atoms with Gasteiger partial charge in [0.15, 0.2) is 0 Å². The summed E-state index contributed by atoms with van der Waals surface area (Å²) in [6.45, 7) is 1.78. The summed E-state index contributed by atoms with van der Waals surface area (Å²) in [4.78, 5) is 7.94. The Morgan fingerprint density at radius 1 is 1.16 bits per heavy atom. The SMILES string of the molecule is C1=Cc2cc[c-]nc2C=1.C[C-]=Nc1ccccc1.[Fe+2]. The minimum absolute atomic E-state index is 0. The molecule has 1 heterocycles. The van der Waals surface area contributed by atoms with Gasteiger partial charge in [-0.1, -0.05) is 36.2 Å². The van der Waals surface area contributed by atoms with Crippen LogP contribution in [0.25, 0.3) is 12.2 Å². The number of hydrogen-bond acceptors (Lipinski definition) is 2. The number of aromatic nitrogens is 1. The van der Waals surface area contributed by atoms with Crippen molar-refractivity contribution in [3.05, 3.63) is 65.7 Å². The van der Waals surface area contributed by atoms with Crippen LogP contribution in [0, 0.1) is 6.20 Å². The van der Waals surface area contributed by atoms with Crippen molar-refractivity contribution < 1.29 is 17.1 Å². The van der Waals surface area contributed by atoms with Crippen molar-refractivity contribution in [1.29, 1.82) is 0 Å². The first kappa shape index (κ1) is 15.1. The Labute approximate surface area is 124 Å². The van der Waals surface area contributed by atoms with Crippen LogP contribution in [0.2, 0.25) is 0 Å². The minimum Gasteiger partial charge on any atom is -0.456 e. The predicted octanol–water partition coefficient (Wildman–Crippen LogP) is 3.80. The van der Waals surface area contributed by atoms with Gasteiger partial charge < -0.3 is 9.98 Å². The molecule has 1 aromatic carbocycles. The Kier molecular flexibility index (Phi) is 6.56. The molecule has 0 atom stereocenters. The normalized spacial score (nSPS) is 10.6. The van der Waals surface area contributed by atoms with Crippen LogP contribution in [0.3, 0.4) is 0 Å². The quantitative estimate of drug-likeness (QED) is 0.289. The van der Waals surface area contributed by atoms with Gasteiger partial charge in [-0.25, -0.2) is 0 Å². The summed E-state index contributed by atoms with van der Waals surface area (Å²) in [6, 6.07) is 13.5. The fourth-order valence-electron chi connectivity index (χ4n) is 1.46. The van der Waals surface area contributed by atoms with E-state index in [0.29, 0.717) is 0 Å². The predicted molar refractivity (Wildman–Crippen MR) is 74.7 cm³/mol. The van der Waals surface area contributed by atoms with E-state index in [1.54, 1.807) is 13.0 Å². The van der Waals surface area contributed by atoms with Crippen LogP contribution < -0.4 is 0 Å². The third-order valence-corrected chi connectivity index (χ3v) is 2.27. The number of para-hydroxylation sites is 1. The van der Waals surface area contributed by atoms with Gasteiger partial charge >= 0.3 is 17.1 Å². The van der Waals surface area contributed by atoms with Gasteiger partial charge in [-0.2, -0.15) is 18.3 Å². The molecule has 0 saturated heterocycles. The van der Waals surface area contributed by atoms with Gasteiger partial charge in [0, 0.05) is 0 Å². The molecule has 3 heteroatoms. The number of fused-ring (bicyclic) bond motifs is 1. The summed E-state index contributed by atoms with van der Waals surface area (Å²) < 4.78 is 0. The first-order valence-electron chi connectivity index (χ1n) is 5.62. The van der Waals surface area contributed by atoms with E-state index in [2.05, 4.69) is 28.1 Å². The van der Waals surface area contributed by atoms with E-state index in [1.165, 1.54) is 0 Å². The Hall–Kier alpha value is -1.92. The fourth-order valence-corrected chi connectivity index (χ4v) is 1.46. The van der Waals surface area contributed by atoms with E-state index in [0.717, 1.165) is 16.9 Å². The summed E-state index contributed by atoms with van der Waals surface area (Å²) >= 11 is 0. The summed E-state index contributed by atoms with van der Waals surface area (Å²) in [7, 11) is 0. The van der Waals surface area contributed by atoms with Crippen LogP contribution >= 0.6 is 0 Å². The smallest absolute Gasteiger partial charge is 0.456 e. The topological polar surface area (TPSA) is 25.2 Å². The Bertz CT molecular complexity index is 570. The molecule has 0 N–H and O–H groups in total. The third-order valence-electron chi connectivity index (χ3n) is 2.27. The molecule has 94 valence electrons. The molecule has 0 amide bonds. The van der Waals surface area contributed by atoms with Gasteiger partial charge in [-0.3, -0.25) is 0 Å². The first-order valence-corrected chi connectivity index (χ1v) is 5.62. The number of nitrogens with zero attached hydrogens (tertiary/aromatic N) is 2. The summed E-state index contributed by atoms with van der Waals surface area (Å²) in [6.07, 6.45) is 9.23. The van der Waals surface area contributed by atoms with Gasteiger partial charge in [-0.15, -0.1) is 30.4 Å². The second kappa shape index (κ2) is 8.23. The third kappa shape index (κ3) is 4.69. The monoisotopic (exact) mass is 288 g/mol. The average molecular weight is 288 g/mol. The summed E-state index contributed by atoms with van der Waals surface area (Å²) in [5.41, 5.74) is 6.02. The molecule has 2 aromatic rings. The van der Waals surface area contributed by atoms with Crippen LogP contribution in [0.1, 0.15) is 18.2 Å². The van der Waals surface area contributed by atoms with E-state index < -0.39 is 0 Å². The van der Waals surface area contributed by atoms with Gasteiger partial charge in [0.05, 0.1) is 0 Å². The Morgan fingerprint density at radius 2 is 1.95 bits per heavy atom.